The monoisotopic (exact) mass is 267 g/mol. The summed E-state index contributed by atoms with van der Waals surface area (Å²) in [5.41, 5.74) is 0. The van der Waals surface area contributed by atoms with Gasteiger partial charge in [0.25, 0.3) is 0 Å². The third-order valence-corrected chi connectivity index (χ3v) is 2.57. The molecule has 108 valence electrons. The molecule has 0 aliphatic heterocycles. The van der Waals surface area contributed by atoms with Crippen molar-refractivity contribution in [3.8, 4) is 11.5 Å². The van der Waals surface area contributed by atoms with Gasteiger partial charge in [-0.15, -0.1) is 0 Å². The molecule has 4 heteroatoms. The first kappa shape index (κ1) is 15.8. The second-order valence-electron chi connectivity index (χ2n) is 4.31. The van der Waals surface area contributed by atoms with Gasteiger partial charge in [0, 0.05) is 19.7 Å². The van der Waals surface area contributed by atoms with Crippen LogP contribution in [0.2, 0.25) is 0 Å². The van der Waals surface area contributed by atoms with Crippen LogP contribution in [0, 0.1) is 0 Å². The molecule has 0 spiro atoms. The number of hydrogen-bond acceptors (Lipinski definition) is 4. The quantitative estimate of drug-likeness (QED) is 0.661. The van der Waals surface area contributed by atoms with Crippen LogP contribution in [0.25, 0.3) is 0 Å². The highest BCUT2D eigenvalue weighted by Gasteiger charge is 2.10. The van der Waals surface area contributed by atoms with Gasteiger partial charge in [-0.25, -0.2) is 0 Å². The third-order valence-electron chi connectivity index (χ3n) is 2.57. The van der Waals surface area contributed by atoms with Crippen molar-refractivity contribution < 1.29 is 14.2 Å². The molecule has 0 aromatic heterocycles. The van der Waals surface area contributed by atoms with Crippen molar-refractivity contribution in [2.75, 3.05) is 33.4 Å². The summed E-state index contributed by atoms with van der Waals surface area (Å²) in [4.78, 5) is 0. The lowest BCUT2D eigenvalue weighted by Gasteiger charge is -2.19. The number of ether oxygens (including phenoxy) is 3. The first-order valence-corrected chi connectivity index (χ1v) is 6.89. The lowest BCUT2D eigenvalue weighted by Crippen LogP contribution is -2.35. The van der Waals surface area contributed by atoms with E-state index in [4.69, 9.17) is 14.2 Å². The van der Waals surface area contributed by atoms with Gasteiger partial charge in [-0.3, -0.25) is 0 Å². The standard InChI is InChI=1S/C15H25NO3/c1-4-9-16-11-15(12-17-3)19-14-8-6-7-13(10-14)18-5-2/h6-8,10,15-16H,4-5,9,11-12H2,1-3H3. The molecule has 0 saturated heterocycles. The average molecular weight is 267 g/mol. The minimum atomic E-state index is 0.00780. The van der Waals surface area contributed by atoms with Crippen LogP contribution in [-0.4, -0.2) is 39.5 Å². The van der Waals surface area contributed by atoms with E-state index in [-0.39, 0.29) is 6.10 Å². The van der Waals surface area contributed by atoms with Gasteiger partial charge in [-0.2, -0.15) is 0 Å². The summed E-state index contributed by atoms with van der Waals surface area (Å²) in [5, 5.41) is 3.34. The summed E-state index contributed by atoms with van der Waals surface area (Å²) in [7, 11) is 1.69. The molecule has 1 N–H and O–H groups in total. The van der Waals surface area contributed by atoms with Crippen LogP contribution in [0.15, 0.2) is 24.3 Å². The third kappa shape index (κ3) is 6.45. The summed E-state index contributed by atoms with van der Waals surface area (Å²) >= 11 is 0. The van der Waals surface area contributed by atoms with Crippen molar-refractivity contribution in [1.82, 2.24) is 5.32 Å². The van der Waals surface area contributed by atoms with E-state index in [2.05, 4.69) is 12.2 Å². The smallest absolute Gasteiger partial charge is 0.134 e. The molecule has 19 heavy (non-hydrogen) atoms. The molecule has 0 heterocycles. The number of hydrogen-bond donors (Lipinski definition) is 1. The van der Waals surface area contributed by atoms with E-state index < -0.39 is 0 Å². The average Bonchev–Trinajstić information content (AvgIpc) is 2.40. The first-order valence-electron chi connectivity index (χ1n) is 6.89. The zero-order valence-electron chi connectivity index (χ0n) is 12.1. The van der Waals surface area contributed by atoms with Gasteiger partial charge in [0.1, 0.15) is 17.6 Å². The van der Waals surface area contributed by atoms with Crippen LogP contribution >= 0.6 is 0 Å². The fraction of sp³-hybridized carbons (Fsp3) is 0.600. The fourth-order valence-electron chi connectivity index (χ4n) is 1.76. The summed E-state index contributed by atoms with van der Waals surface area (Å²) in [6, 6.07) is 7.71. The number of methoxy groups -OCH3 is 1. The molecule has 4 nitrogen and oxygen atoms in total. The van der Waals surface area contributed by atoms with Crippen molar-refractivity contribution in [3.05, 3.63) is 24.3 Å². The highest BCUT2D eigenvalue weighted by molar-refractivity contribution is 5.33. The Hall–Kier alpha value is -1.26. The van der Waals surface area contributed by atoms with E-state index >= 15 is 0 Å². The lowest BCUT2D eigenvalue weighted by atomic mass is 10.3. The Morgan fingerprint density at radius 3 is 2.68 bits per heavy atom. The topological polar surface area (TPSA) is 39.7 Å². The van der Waals surface area contributed by atoms with Gasteiger partial charge in [0.15, 0.2) is 0 Å². The maximum atomic E-state index is 5.92. The zero-order valence-corrected chi connectivity index (χ0v) is 12.1. The molecule has 0 bridgehead atoms. The van der Waals surface area contributed by atoms with Crippen LogP contribution in [0.5, 0.6) is 11.5 Å². The highest BCUT2D eigenvalue weighted by Crippen LogP contribution is 2.20. The number of rotatable bonds is 10. The molecule has 0 aliphatic carbocycles. The van der Waals surface area contributed by atoms with E-state index in [1.165, 1.54) is 0 Å². The van der Waals surface area contributed by atoms with E-state index in [9.17, 15) is 0 Å². The van der Waals surface area contributed by atoms with E-state index in [0.29, 0.717) is 13.2 Å². The van der Waals surface area contributed by atoms with E-state index in [0.717, 1.165) is 31.0 Å². The van der Waals surface area contributed by atoms with Gasteiger partial charge in [0.05, 0.1) is 13.2 Å². The second-order valence-corrected chi connectivity index (χ2v) is 4.31. The zero-order chi connectivity index (χ0) is 13.9. The van der Waals surface area contributed by atoms with Gasteiger partial charge >= 0.3 is 0 Å². The van der Waals surface area contributed by atoms with Gasteiger partial charge in [-0.1, -0.05) is 13.0 Å². The summed E-state index contributed by atoms with van der Waals surface area (Å²) in [6.45, 7) is 7.10. The fourth-order valence-corrected chi connectivity index (χ4v) is 1.76. The Morgan fingerprint density at radius 2 is 2.00 bits per heavy atom. The predicted molar refractivity (Wildman–Crippen MR) is 77.1 cm³/mol. The lowest BCUT2D eigenvalue weighted by molar-refractivity contribution is 0.0805. The predicted octanol–water partition coefficient (Wildman–Crippen LogP) is 2.48. The molecule has 1 atom stereocenters. The van der Waals surface area contributed by atoms with E-state index in [1.54, 1.807) is 7.11 Å². The Balaban J connectivity index is 2.54. The number of nitrogens with one attached hydrogen (secondary N) is 1. The SMILES string of the molecule is CCCNCC(COC)Oc1cccc(OCC)c1. The normalized spacial score (nSPS) is 12.2. The Morgan fingerprint density at radius 1 is 1.21 bits per heavy atom. The van der Waals surface area contributed by atoms with Crippen LogP contribution < -0.4 is 14.8 Å². The van der Waals surface area contributed by atoms with Gasteiger partial charge in [0.2, 0.25) is 0 Å². The van der Waals surface area contributed by atoms with Crippen LogP contribution in [0.3, 0.4) is 0 Å². The molecule has 0 amide bonds. The van der Waals surface area contributed by atoms with Crippen LogP contribution in [0.1, 0.15) is 20.3 Å². The maximum Gasteiger partial charge on any atom is 0.134 e. The molecule has 0 saturated carbocycles. The van der Waals surface area contributed by atoms with Crippen molar-refractivity contribution in [2.45, 2.75) is 26.4 Å². The van der Waals surface area contributed by atoms with Gasteiger partial charge in [-0.05, 0) is 32.0 Å². The van der Waals surface area contributed by atoms with Crippen LogP contribution in [0.4, 0.5) is 0 Å². The second kappa shape index (κ2) is 9.64. The van der Waals surface area contributed by atoms with Gasteiger partial charge < -0.3 is 19.5 Å². The summed E-state index contributed by atoms with van der Waals surface area (Å²) in [6.07, 6.45) is 1.12. The summed E-state index contributed by atoms with van der Waals surface area (Å²) in [5.74, 6) is 1.64. The molecule has 1 unspecified atom stereocenters. The molecule has 0 aliphatic rings. The molecule has 0 radical (unpaired) electrons. The van der Waals surface area contributed by atoms with Crippen LogP contribution in [-0.2, 0) is 4.74 Å². The molecule has 1 aromatic carbocycles. The molecule has 1 rings (SSSR count). The first-order chi connectivity index (χ1) is 9.30. The Kier molecular flexibility index (Phi) is 8.02. The highest BCUT2D eigenvalue weighted by atomic mass is 16.5. The summed E-state index contributed by atoms with van der Waals surface area (Å²) < 4.78 is 16.6. The maximum absolute atomic E-state index is 5.92. The molecule has 0 fully saturated rings. The molecular weight excluding hydrogens is 242 g/mol. The Labute approximate surface area is 116 Å². The van der Waals surface area contributed by atoms with Crippen molar-refractivity contribution in [1.29, 1.82) is 0 Å². The minimum Gasteiger partial charge on any atom is -0.494 e. The van der Waals surface area contributed by atoms with Crippen molar-refractivity contribution >= 4 is 0 Å². The molecule has 1 aromatic rings. The van der Waals surface area contributed by atoms with Crippen molar-refractivity contribution in [3.63, 3.8) is 0 Å². The largest absolute Gasteiger partial charge is 0.494 e. The van der Waals surface area contributed by atoms with Crippen molar-refractivity contribution in [2.24, 2.45) is 0 Å². The number of benzene rings is 1. The van der Waals surface area contributed by atoms with E-state index in [1.807, 2.05) is 31.2 Å². The minimum absolute atomic E-state index is 0.00780. The molecular formula is C15H25NO3. The Bertz CT molecular complexity index is 344.